The first-order chi connectivity index (χ1) is 10.9. The maximum atomic E-state index is 12.4. The molecular formula is C17H16BrNO3S. The molecule has 3 rings (SSSR count). The monoisotopic (exact) mass is 393 g/mol. The Morgan fingerprint density at radius 2 is 1.91 bits per heavy atom. The number of amides is 1. The second kappa shape index (κ2) is 6.45. The first-order valence-electron chi connectivity index (χ1n) is 7.28. The van der Waals surface area contributed by atoms with Crippen molar-refractivity contribution < 1.29 is 13.2 Å². The van der Waals surface area contributed by atoms with Gasteiger partial charge >= 0.3 is 0 Å². The number of carbonyl (C=O) groups excluding carboxylic acids is 1. The number of para-hydroxylation sites is 1. The number of hydrogen-bond acceptors (Lipinski definition) is 3. The molecular weight excluding hydrogens is 378 g/mol. The van der Waals surface area contributed by atoms with Gasteiger partial charge in [-0.05, 0) is 35.7 Å². The molecule has 0 unspecified atom stereocenters. The van der Waals surface area contributed by atoms with Crippen LogP contribution in [0.4, 0.5) is 5.69 Å². The number of nitrogens with zero attached hydrogens (tertiary/aromatic N) is 1. The smallest absolute Gasteiger partial charge is 0.242 e. The van der Waals surface area contributed by atoms with E-state index in [1.807, 2.05) is 30.3 Å². The number of sulfone groups is 1. The molecule has 23 heavy (non-hydrogen) atoms. The van der Waals surface area contributed by atoms with E-state index in [1.54, 1.807) is 23.1 Å². The second-order valence-corrected chi connectivity index (χ2v) is 8.57. The van der Waals surface area contributed by atoms with Crippen molar-refractivity contribution in [3.8, 4) is 0 Å². The molecule has 0 bridgehead atoms. The van der Waals surface area contributed by atoms with Gasteiger partial charge in [-0.15, -0.1) is 0 Å². The van der Waals surface area contributed by atoms with Crippen LogP contribution in [0, 0.1) is 0 Å². The molecule has 1 heterocycles. The zero-order valence-corrected chi connectivity index (χ0v) is 14.8. The van der Waals surface area contributed by atoms with Gasteiger partial charge in [0, 0.05) is 16.7 Å². The molecule has 6 heteroatoms. The highest BCUT2D eigenvalue weighted by atomic mass is 79.9. The Labute approximate surface area is 144 Å². The van der Waals surface area contributed by atoms with Crippen LogP contribution in [0.15, 0.2) is 53.0 Å². The Balaban J connectivity index is 1.72. The molecule has 0 spiro atoms. The quantitative estimate of drug-likeness (QED) is 0.802. The van der Waals surface area contributed by atoms with Crippen molar-refractivity contribution in [2.75, 3.05) is 17.2 Å². The third-order valence-corrected chi connectivity index (χ3v) is 5.76. The van der Waals surface area contributed by atoms with E-state index in [4.69, 9.17) is 0 Å². The minimum absolute atomic E-state index is 0.131. The molecule has 1 amide bonds. The second-order valence-electron chi connectivity index (χ2n) is 5.59. The number of anilines is 1. The van der Waals surface area contributed by atoms with E-state index >= 15 is 0 Å². The summed E-state index contributed by atoms with van der Waals surface area (Å²) in [4.78, 5) is 14.0. The predicted molar refractivity (Wildman–Crippen MR) is 94.1 cm³/mol. The van der Waals surface area contributed by atoms with Gasteiger partial charge in [-0.1, -0.05) is 46.3 Å². The Morgan fingerprint density at radius 3 is 2.70 bits per heavy atom. The molecule has 1 aliphatic heterocycles. The largest absolute Gasteiger partial charge is 0.311 e. The van der Waals surface area contributed by atoms with Crippen LogP contribution in [0.1, 0.15) is 11.1 Å². The Morgan fingerprint density at radius 1 is 1.13 bits per heavy atom. The average molecular weight is 394 g/mol. The van der Waals surface area contributed by atoms with Gasteiger partial charge in [0.25, 0.3) is 0 Å². The molecule has 2 aromatic rings. The van der Waals surface area contributed by atoms with E-state index in [1.165, 1.54) is 0 Å². The lowest BCUT2D eigenvalue weighted by Gasteiger charge is -2.17. The SMILES string of the molecule is O=C(CS(=O)(=O)Cc1cccc(Br)c1)N1CCc2ccccc21. The zero-order chi connectivity index (χ0) is 16.4. The molecule has 0 saturated carbocycles. The minimum Gasteiger partial charge on any atom is -0.311 e. The number of hydrogen-bond donors (Lipinski definition) is 0. The van der Waals surface area contributed by atoms with Crippen LogP contribution < -0.4 is 4.90 Å². The van der Waals surface area contributed by atoms with Crippen molar-refractivity contribution in [2.45, 2.75) is 12.2 Å². The summed E-state index contributed by atoms with van der Waals surface area (Å²) >= 11 is 3.32. The van der Waals surface area contributed by atoms with Crippen LogP contribution in [-0.2, 0) is 26.8 Å². The summed E-state index contributed by atoms with van der Waals surface area (Å²) in [5.74, 6) is -0.952. The van der Waals surface area contributed by atoms with E-state index in [9.17, 15) is 13.2 Å². The molecule has 0 N–H and O–H groups in total. The molecule has 0 aromatic heterocycles. The molecule has 120 valence electrons. The lowest BCUT2D eigenvalue weighted by Crippen LogP contribution is -2.34. The van der Waals surface area contributed by atoms with Crippen LogP contribution in [0.5, 0.6) is 0 Å². The predicted octanol–water partition coefficient (Wildman–Crippen LogP) is 2.95. The Bertz CT molecular complexity index is 848. The third kappa shape index (κ3) is 3.82. The summed E-state index contributed by atoms with van der Waals surface area (Å²) in [6.07, 6.45) is 0.771. The highest BCUT2D eigenvalue weighted by Gasteiger charge is 2.27. The van der Waals surface area contributed by atoms with E-state index in [0.717, 1.165) is 22.1 Å². The first kappa shape index (κ1) is 16.2. The number of halogens is 1. The number of benzene rings is 2. The Kier molecular flexibility index (Phi) is 4.55. The zero-order valence-electron chi connectivity index (χ0n) is 12.4. The summed E-state index contributed by atoms with van der Waals surface area (Å²) < 4.78 is 25.5. The molecule has 1 aliphatic rings. The van der Waals surface area contributed by atoms with Crippen molar-refractivity contribution in [1.82, 2.24) is 0 Å². The van der Waals surface area contributed by atoms with Gasteiger partial charge in [-0.25, -0.2) is 8.42 Å². The lowest BCUT2D eigenvalue weighted by molar-refractivity contribution is -0.116. The van der Waals surface area contributed by atoms with Crippen molar-refractivity contribution in [2.24, 2.45) is 0 Å². The third-order valence-electron chi connectivity index (χ3n) is 3.81. The highest BCUT2D eigenvalue weighted by molar-refractivity contribution is 9.10. The van der Waals surface area contributed by atoms with Crippen LogP contribution >= 0.6 is 15.9 Å². The van der Waals surface area contributed by atoms with Gasteiger partial charge < -0.3 is 4.90 Å². The van der Waals surface area contributed by atoms with Gasteiger partial charge in [0.2, 0.25) is 5.91 Å². The summed E-state index contributed by atoms with van der Waals surface area (Å²) in [5.41, 5.74) is 2.59. The van der Waals surface area contributed by atoms with Crippen LogP contribution in [-0.4, -0.2) is 26.6 Å². The maximum Gasteiger partial charge on any atom is 0.242 e. The summed E-state index contributed by atoms with van der Waals surface area (Å²) in [7, 11) is -3.50. The normalized spacial score (nSPS) is 13.9. The van der Waals surface area contributed by atoms with Crippen molar-refractivity contribution in [1.29, 1.82) is 0 Å². The van der Waals surface area contributed by atoms with Gasteiger partial charge in [0.05, 0.1) is 5.75 Å². The van der Waals surface area contributed by atoms with E-state index in [-0.39, 0.29) is 11.7 Å². The molecule has 0 atom stereocenters. The topological polar surface area (TPSA) is 54.5 Å². The van der Waals surface area contributed by atoms with Gasteiger partial charge in [0.1, 0.15) is 5.75 Å². The van der Waals surface area contributed by atoms with Crippen LogP contribution in [0.3, 0.4) is 0 Å². The van der Waals surface area contributed by atoms with Gasteiger partial charge in [-0.3, -0.25) is 4.79 Å². The molecule has 0 radical (unpaired) electrons. The van der Waals surface area contributed by atoms with Crippen molar-refractivity contribution in [3.05, 3.63) is 64.1 Å². The number of fused-ring (bicyclic) bond motifs is 1. The molecule has 0 fully saturated rings. The van der Waals surface area contributed by atoms with Crippen LogP contribution in [0.2, 0.25) is 0 Å². The van der Waals surface area contributed by atoms with Gasteiger partial charge in [0.15, 0.2) is 9.84 Å². The number of rotatable bonds is 4. The van der Waals surface area contributed by atoms with Crippen molar-refractivity contribution in [3.63, 3.8) is 0 Å². The standard InChI is InChI=1S/C17H16BrNO3S/c18-15-6-3-4-13(10-15)11-23(21,22)12-17(20)19-9-8-14-5-1-2-7-16(14)19/h1-7,10H,8-9,11-12H2. The van der Waals surface area contributed by atoms with Crippen LogP contribution in [0.25, 0.3) is 0 Å². The maximum absolute atomic E-state index is 12.4. The fourth-order valence-electron chi connectivity index (χ4n) is 2.80. The highest BCUT2D eigenvalue weighted by Crippen LogP contribution is 2.27. The fraction of sp³-hybridized carbons (Fsp3) is 0.235. The molecule has 0 saturated heterocycles. The summed E-state index contributed by atoms with van der Waals surface area (Å²) in [6, 6.07) is 14.7. The summed E-state index contributed by atoms with van der Waals surface area (Å²) in [5, 5.41) is 0. The molecule has 2 aromatic carbocycles. The fourth-order valence-corrected chi connectivity index (χ4v) is 4.56. The Hall–Kier alpha value is -1.66. The van der Waals surface area contributed by atoms with E-state index < -0.39 is 15.6 Å². The van der Waals surface area contributed by atoms with E-state index in [0.29, 0.717) is 12.1 Å². The van der Waals surface area contributed by atoms with E-state index in [2.05, 4.69) is 15.9 Å². The first-order valence-corrected chi connectivity index (χ1v) is 9.89. The minimum atomic E-state index is -3.50. The number of carbonyl (C=O) groups is 1. The van der Waals surface area contributed by atoms with Crippen molar-refractivity contribution >= 4 is 37.4 Å². The molecule has 0 aliphatic carbocycles. The average Bonchev–Trinajstić information content (AvgIpc) is 2.90. The lowest BCUT2D eigenvalue weighted by atomic mass is 10.2. The van der Waals surface area contributed by atoms with Gasteiger partial charge in [-0.2, -0.15) is 0 Å². The molecule has 4 nitrogen and oxygen atoms in total. The summed E-state index contributed by atoms with van der Waals surface area (Å²) in [6.45, 7) is 0.546.